The van der Waals surface area contributed by atoms with Gasteiger partial charge in [-0.05, 0) is 45.4 Å². The molecule has 104 valence electrons. The summed E-state index contributed by atoms with van der Waals surface area (Å²) in [6, 6.07) is 5.40. The monoisotopic (exact) mass is 280 g/mol. The van der Waals surface area contributed by atoms with Crippen LogP contribution in [0.2, 0.25) is 0 Å². The predicted octanol–water partition coefficient (Wildman–Crippen LogP) is 1.85. The molecule has 0 aliphatic heterocycles. The lowest BCUT2D eigenvalue weighted by atomic mass is 10.1. The van der Waals surface area contributed by atoms with Gasteiger partial charge in [0.05, 0.1) is 17.0 Å². The Labute approximate surface area is 115 Å². The predicted molar refractivity (Wildman–Crippen MR) is 79.4 cm³/mol. The molecule has 0 aromatic heterocycles. The van der Waals surface area contributed by atoms with Crippen molar-refractivity contribution in [2.45, 2.75) is 32.4 Å². The van der Waals surface area contributed by atoms with Crippen molar-refractivity contribution < 1.29 is 8.42 Å². The molecule has 3 N–H and O–H groups in total. The van der Waals surface area contributed by atoms with Crippen molar-refractivity contribution in [3.05, 3.63) is 29.3 Å². The molecule has 1 aromatic carbocycles. The number of nitrogens with one attached hydrogen (secondary N) is 1. The number of benzene rings is 1. The van der Waals surface area contributed by atoms with Gasteiger partial charge in [0.25, 0.3) is 0 Å². The van der Waals surface area contributed by atoms with Gasteiger partial charge in [-0.15, -0.1) is 0 Å². The van der Waals surface area contributed by atoms with Crippen LogP contribution in [0, 0.1) is 18.8 Å². The van der Waals surface area contributed by atoms with Gasteiger partial charge in [0.1, 0.15) is 0 Å². The molecule has 0 amide bonds. The van der Waals surface area contributed by atoms with Crippen LogP contribution in [0.3, 0.4) is 0 Å². The molecule has 0 bridgehead atoms. The normalized spacial score (nSPS) is 11.6. The molecule has 19 heavy (non-hydrogen) atoms. The molecule has 0 radical (unpaired) electrons. The van der Waals surface area contributed by atoms with E-state index in [1.165, 1.54) is 0 Å². The quantitative estimate of drug-likeness (QED) is 0.812. The second-order valence-corrected chi connectivity index (χ2v) is 7.71. The van der Waals surface area contributed by atoms with Crippen LogP contribution >= 0.6 is 0 Å². The minimum absolute atomic E-state index is 0.236. The summed E-state index contributed by atoms with van der Waals surface area (Å²) in [4.78, 5) is 0. The number of hydrogen-bond acceptors (Lipinski definition) is 3. The van der Waals surface area contributed by atoms with Gasteiger partial charge in [-0.3, -0.25) is 4.72 Å². The van der Waals surface area contributed by atoms with Gasteiger partial charge in [-0.2, -0.15) is 0 Å². The van der Waals surface area contributed by atoms with Gasteiger partial charge < -0.3 is 5.73 Å². The summed E-state index contributed by atoms with van der Waals surface area (Å²) in [5, 5.41) is 0. The van der Waals surface area contributed by atoms with Crippen molar-refractivity contribution in [2.75, 3.05) is 11.3 Å². The van der Waals surface area contributed by atoms with Gasteiger partial charge >= 0.3 is 0 Å². The van der Waals surface area contributed by atoms with E-state index >= 15 is 0 Å². The lowest BCUT2D eigenvalue weighted by Crippen LogP contribution is -2.33. The third kappa shape index (κ3) is 3.98. The molecule has 0 aliphatic rings. The highest BCUT2D eigenvalue weighted by molar-refractivity contribution is 7.94. The Balaban J connectivity index is 3.22. The van der Waals surface area contributed by atoms with Crippen molar-refractivity contribution in [3.63, 3.8) is 0 Å². The first kappa shape index (κ1) is 15.5. The van der Waals surface area contributed by atoms with Gasteiger partial charge in [0, 0.05) is 5.56 Å². The maximum atomic E-state index is 12.1. The van der Waals surface area contributed by atoms with Crippen LogP contribution < -0.4 is 10.5 Å². The summed E-state index contributed by atoms with van der Waals surface area (Å²) in [6.07, 6.45) is 0. The van der Waals surface area contributed by atoms with Crippen LogP contribution in [0.25, 0.3) is 0 Å². The smallest absolute Gasteiger partial charge is 0.237 e. The van der Waals surface area contributed by atoms with E-state index in [9.17, 15) is 8.42 Å². The van der Waals surface area contributed by atoms with E-state index in [2.05, 4.69) is 16.6 Å². The largest absolute Gasteiger partial charge is 0.320 e. The average Bonchev–Trinajstić information content (AvgIpc) is 2.27. The van der Waals surface area contributed by atoms with Crippen LogP contribution in [0.15, 0.2) is 18.2 Å². The van der Waals surface area contributed by atoms with Gasteiger partial charge in [-0.1, -0.05) is 17.9 Å². The molecule has 0 aliphatic carbocycles. The number of nitrogens with two attached hydrogens (primary N) is 1. The first-order valence-electron chi connectivity index (χ1n) is 5.99. The third-order valence-electron chi connectivity index (χ3n) is 2.55. The van der Waals surface area contributed by atoms with Crippen molar-refractivity contribution in [1.82, 2.24) is 0 Å². The van der Waals surface area contributed by atoms with E-state index in [4.69, 9.17) is 5.73 Å². The molecule has 4 nitrogen and oxygen atoms in total. The highest BCUT2D eigenvalue weighted by atomic mass is 32.2. The van der Waals surface area contributed by atoms with E-state index in [0.717, 1.165) is 5.56 Å². The van der Waals surface area contributed by atoms with E-state index < -0.39 is 14.8 Å². The highest BCUT2D eigenvalue weighted by Gasteiger charge is 2.29. The maximum Gasteiger partial charge on any atom is 0.237 e. The average molecular weight is 280 g/mol. The second-order valence-electron chi connectivity index (χ2n) is 5.27. The number of anilines is 1. The molecular formula is C14H20N2O2S. The Morgan fingerprint density at radius 1 is 1.32 bits per heavy atom. The number of hydrogen-bond donors (Lipinski definition) is 2. The number of aryl methyl sites for hydroxylation is 1. The van der Waals surface area contributed by atoms with Gasteiger partial charge in [0.2, 0.25) is 10.0 Å². The van der Waals surface area contributed by atoms with E-state index in [0.29, 0.717) is 11.3 Å². The van der Waals surface area contributed by atoms with Gasteiger partial charge in [0.15, 0.2) is 0 Å². The fraction of sp³-hybridized carbons (Fsp3) is 0.429. The molecule has 1 aromatic rings. The van der Waals surface area contributed by atoms with Crippen molar-refractivity contribution in [1.29, 1.82) is 0 Å². The minimum Gasteiger partial charge on any atom is -0.320 e. The fourth-order valence-electron chi connectivity index (χ4n) is 1.29. The molecule has 0 unspecified atom stereocenters. The number of sulfonamides is 1. The Morgan fingerprint density at radius 2 is 1.95 bits per heavy atom. The molecular weight excluding hydrogens is 260 g/mol. The first-order valence-corrected chi connectivity index (χ1v) is 7.47. The first-order chi connectivity index (χ1) is 8.67. The number of rotatable bonds is 2. The lowest BCUT2D eigenvalue weighted by molar-refractivity contribution is 0.566. The minimum atomic E-state index is -3.46. The van der Waals surface area contributed by atoms with Crippen molar-refractivity contribution in [2.24, 2.45) is 5.73 Å². The Kier molecular flexibility index (Phi) is 4.61. The Morgan fingerprint density at radius 3 is 2.47 bits per heavy atom. The third-order valence-corrected chi connectivity index (χ3v) is 4.65. The zero-order valence-electron chi connectivity index (χ0n) is 11.7. The van der Waals surface area contributed by atoms with Gasteiger partial charge in [-0.25, -0.2) is 8.42 Å². The molecule has 1 rings (SSSR count). The highest BCUT2D eigenvalue weighted by Crippen LogP contribution is 2.23. The standard InChI is InChI=1S/C14H20N2O2S/c1-11-7-8-13(12(10-11)6-5-9-15)16-19(17,18)14(2,3)4/h7-8,10,16H,9,15H2,1-4H3. The summed E-state index contributed by atoms with van der Waals surface area (Å²) in [6.45, 7) is 7.10. The molecule has 0 spiro atoms. The van der Waals surface area contributed by atoms with Crippen LogP contribution in [-0.4, -0.2) is 19.7 Å². The van der Waals surface area contributed by atoms with E-state index in [1.54, 1.807) is 26.8 Å². The molecule has 0 fully saturated rings. The van der Waals surface area contributed by atoms with Crippen LogP contribution in [-0.2, 0) is 10.0 Å². The lowest BCUT2D eigenvalue weighted by Gasteiger charge is -2.21. The molecule has 0 saturated carbocycles. The van der Waals surface area contributed by atoms with Crippen LogP contribution in [0.4, 0.5) is 5.69 Å². The Bertz CT molecular complexity index is 617. The second kappa shape index (κ2) is 5.64. The Hall–Kier alpha value is -1.51. The SMILES string of the molecule is Cc1ccc(NS(=O)(=O)C(C)(C)C)c(C#CCN)c1. The van der Waals surface area contributed by atoms with E-state index in [-0.39, 0.29) is 6.54 Å². The summed E-state index contributed by atoms with van der Waals surface area (Å²) in [5.41, 5.74) is 7.49. The molecule has 5 heteroatoms. The topological polar surface area (TPSA) is 72.2 Å². The fourth-order valence-corrected chi connectivity index (χ4v) is 2.07. The molecule has 0 saturated heterocycles. The van der Waals surface area contributed by atoms with Crippen LogP contribution in [0.1, 0.15) is 31.9 Å². The van der Waals surface area contributed by atoms with Crippen molar-refractivity contribution >= 4 is 15.7 Å². The zero-order chi connectivity index (χ0) is 14.7. The maximum absolute atomic E-state index is 12.1. The summed E-state index contributed by atoms with van der Waals surface area (Å²) in [7, 11) is -3.46. The summed E-state index contributed by atoms with van der Waals surface area (Å²) in [5.74, 6) is 5.63. The molecule has 0 heterocycles. The van der Waals surface area contributed by atoms with E-state index in [1.807, 2.05) is 19.1 Å². The molecule has 0 atom stereocenters. The summed E-state index contributed by atoms with van der Waals surface area (Å²) >= 11 is 0. The zero-order valence-corrected chi connectivity index (χ0v) is 12.6. The van der Waals surface area contributed by atoms with Crippen molar-refractivity contribution in [3.8, 4) is 11.8 Å². The summed E-state index contributed by atoms with van der Waals surface area (Å²) < 4.78 is 26.0. The van der Waals surface area contributed by atoms with Crippen LogP contribution in [0.5, 0.6) is 0 Å².